The molecule has 0 unspecified atom stereocenters. The van der Waals surface area contributed by atoms with Crippen LogP contribution < -0.4 is 5.32 Å². The van der Waals surface area contributed by atoms with Gasteiger partial charge >= 0.3 is 0 Å². The lowest BCUT2D eigenvalue weighted by molar-refractivity contribution is 0.111. The van der Waals surface area contributed by atoms with E-state index < -0.39 is 5.54 Å². The first-order valence-electron chi connectivity index (χ1n) is 5.10. The SMILES string of the molecule is OCC1(CO)CS[C@H](c2ccccc2O)N1. The monoisotopic (exact) mass is 241 g/mol. The Hall–Kier alpha value is -0.750. The summed E-state index contributed by atoms with van der Waals surface area (Å²) in [7, 11) is 0. The number of hydrogen-bond donors (Lipinski definition) is 4. The van der Waals surface area contributed by atoms with E-state index >= 15 is 0 Å². The number of thioether (sulfide) groups is 1. The predicted molar refractivity (Wildman–Crippen MR) is 63.3 cm³/mol. The summed E-state index contributed by atoms with van der Waals surface area (Å²) >= 11 is 1.57. The molecule has 1 aromatic carbocycles. The number of hydrogen-bond acceptors (Lipinski definition) is 5. The van der Waals surface area contributed by atoms with E-state index in [9.17, 15) is 15.3 Å². The maximum absolute atomic E-state index is 9.71. The van der Waals surface area contributed by atoms with Crippen LogP contribution in [0.3, 0.4) is 0 Å². The van der Waals surface area contributed by atoms with Crippen LogP contribution in [0.1, 0.15) is 10.9 Å². The second-order valence-electron chi connectivity index (χ2n) is 3.99. The topological polar surface area (TPSA) is 72.7 Å². The zero-order valence-corrected chi connectivity index (χ0v) is 9.57. The van der Waals surface area contributed by atoms with Gasteiger partial charge < -0.3 is 15.3 Å². The van der Waals surface area contributed by atoms with Gasteiger partial charge in [-0.15, -0.1) is 11.8 Å². The average Bonchev–Trinajstić information content (AvgIpc) is 2.75. The van der Waals surface area contributed by atoms with Crippen molar-refractivity contribution >= 4 is 11.8 Å². The molecule has 88 valence electrons. The van der Waals surface area contributed by atoms with Crippen LogP contribution in [0.5, 0.6) is 5.75 Å². The van der Waals surface area contributed by atoms with E-state index in [1.165, 1.54) is 0 Å². The third-order valence-electron chi connectivity index (χ3n) is 2.79. The van der Waals surface area contributed by atoms with Crippen LogP contribution in [0.2, 0.25) is 0 Å². The van der Waals surface area contributed by atoms with Crippen LogP contribution in [0, 0.1) is 0 Å². The molecule has 1 saturated heterocycles. The summed E-state index contributed by atoms with van der Waals surface area (Å²) in [5.41, 5.74) is 0.147. The second-order valence-corrected chi connectivity index (χ2v) is 5.08. The minimum absolute atomic E-state index is 0.0829. The quantitative estimate of drug-likeness (QED) is 0.618. The van der Waals surface area contributed by atoms with Crippen LogP contribution in [0.4, 0.5) is 0 Å². The standard InChI is InChI=1S/C11H15NO3S/c13-5-11(6-14)7-16-10(12-11)8-3-1-2-4-9(8)15/h1-4,10,12-15H,5-7H2/t10-/m1/s1. The molecule has 0 radical (unpaired) electrons. The lowest BCUT2D eigenvalue weighted by Gasteiger charge is -2.24. The molecule has 0 aliphatic carbocycles. The van der Waals surface area contributed by atoms with Crippen molar-refractivity contribution in [2.24, 2.45) is 0 Å². The summed E-state index contributed by atoms with van der Waals surface area (Å²) in [6, 6.07) is 7.10. The molecule has 0 bridgehead atoms. The molecule has 0 saturated carbocycles. The summed E-state index contributed by atoms with van der Waals surface area (Å²) in [6.07, 6.45) is 0. The largest absolute Gasteiger partial charge is 0.508 e. The molecule has 0 spiro atoms. The fourth-order valence-electron chi connectivity index (χ4n) is 1.71. The summed E-state index contributed by atoms with van der Waals surface area (Å²) in [5, 5.41) is 31.3. The number of para-hydroxylation sites is 1. The Morgan fingerprint density at radius 2 is 2.00 bits per heavy atom. The van der Waals surface area contributed by atoms with Crippen molar-refractivity contribution in [2.75, 3.05) is 19.0 Å². The Balaban J connectivity index is 2.18. The molecule has 1 aliphatic rings. The maximum atomic E-state index is 9.71. The molecule has 16 heavy (non-hydrogen) atoms. The van der Waals surface area contributed by atoms with E-state index in [-0.39, 0.29) is 24.3 Å². The molecule has 1 aliphatic heterocycles. The van der Waals surface area contributed by atoms with E-state index in [0.29, 0.717) is 5.75 Å². The third kappa shape index (κ3) is 2.04. The number of phenolic OH excluding ortho intramolecular Hbond substituents is 1. The molecule has 0 amide bonds. The van der Waals surface area contributed by atoms with Crippen molar-refractivity contribution in [2.45, 2.75) is 10.9 Å². The fraction of sp³-hybridized carbons (Fsp3) is 0.455. The van der Waals surface area contributed by atoms with Crippen molar-refractivity contribution in [1.82, 2.24) is 5.32 Å². The molecule has 2 rings (SSSR count). The number of nitrogens with one attached hydrogen (secondary N) is 1. The number of phenols is 1. The Labute approximate surface area is 98.3 Å². The highest BCUT2D eigenvalue weighted by atomic mass is 32.2. The van der Waals surface area contributed by atoms with Gasteiger partial charge in [-0.1, -0.05) is 18.2 Å². The Kier molecular flexibility index (Phi) is 3.39. The van der Waals surface area contributed by atoms with Gasteiger partial charge in [-0.2, -0.15) is 0 Å². The van der Waals surface area contributed by atoms with E-state index in [4.69, 9.17) is 0 Å². The summed E-state index contributed by atoms with van der Waals surface area (Å²) in [5.74, 6) is 0.859. The molecule has 5 heteroatoms. The third-order valence-corrected chi connectivity index (χ3v) is 4.21. The van der Waals surface area contributed by atoms with E-state index in [2.05, 4.69) is 5.32 Å². The van der Waals surface area contributed by atoms with Gasteiger partial charge in [0, 0.05) is 11.3 Å². The van der Waals surface area contributed by atoms with Crippen LogP contribution in [-0.2, 0) is 0 Å². The van der Waals surface area contributed by atoms with Crippen LogP contribution >= 0.6 is 11.8 Å². The summed E-state index contributed by atoms with van der Waals surface area (Å²) in [6.45, 7) is -0.221. The average molecular weight is 241 g/mol. The zero-order chi connectivity index (χ0) is 11.6. The van der Waals surface area contributed by atoms with E-state index in [1.807, 2.05) is 12.1 Å². The van der Waals surface area contributed by atoms with Gasteiger partial charge in [-0.3, -0.25) is 5.32 Å². The first kappa shape index (κ1) is 11.7. The molecular formula is C11H15NO3S. The van der Waals surface area contributed by atoms with Gasteiger partial charge in [0.05, 0.1) is 24.1 Å². The Bertz CT molecular complexity index is 368. The zero-order valence-electron chi connectivity index (χ0n) is 8.76. The number of aliphatic hydroxyl groups is 2. The highest BCUT2D eigenvalue weighted by Crippen LogP contribution is 2.40. The van der Waals surface area contributed by atoms with Gasteiger partial charge in [0.15, 0.2) is 0 Å². The molecule has 1 fully saturated rings. The summed E-state index contributed by atoms with van der Waals surface area (Å²) in [4.78, 5) is 0. The van der Waals surface area contributed by atoms with Crippen LogP contribution in [0.25, 0.3) is 0 Å². The van der Waals surface area contributed by atoms with Crippen molar-refractivity contribution < 1.29 is 15.3 Å². The van der Waals surface area contributed by atoms with Crippen molar-refractivity contribution in [1.29, 1.82) is 0 Å². The molecule has 1 atom stereocenters. The number of rotatable bonds is 3. The van der Waals surface area contributed by atoms with E-state index in [1.54, 1.807) is 23.9 Å². The Morgan fingerprint density at radius 1 is 1.31 bits per heavy atom. The van der Waals surface area contributed by atoms with Crippen LogP contribution in [0.15, 0.2) is 24.3 Å². The smallest absolute Gasteiger partial charge is 0.121 e. The number of benzene rings is 1. The maximum Gasteiger partial charge on any atom is 0.121 e. The Morgan fingerprint density at radius 3 is 2.56 bits per heavy atom. The first-order chi connectivity index (χ1) is 7.71. The minimum Gasteiger partial charge on any atom is -0.508 e. The predicted octanol–water partition coefficient (Wildman–Crippen LogP) is 0.451. The normalized spacial score (nSPS) is 23.5. The molecule has 1 heterocycles. The summed E-state index contributed by atoms with van der Waals surface area (Å²) < 4.78 is 0. The van der Waals surface area contributed by atoms with Gasteiger partial charge in [-0.05, 0) is 6.07 Å². The van der Waals surface area contributed by atoms with Crippen molar-refractivity contribution in [3.8, 4) is 5.75 Å². The van der Waals surface area contributed by atoms with Gasteiger partial charge in [0.2, 0.25) is 0 Å². The fourth-order valence-corrected chi connectivity index (χ4v) is 3.18. The molecular weight excluding hydrogens is 226 g/mol. The lowest BCUT2D eigenvalue weighted by Crippen LogP contribution is -2.49. The molecule has 4 nitrogen and oxygen atoms in total. The van der Waals surface area contributed by atoms with Crippen molar-refractivity contribution in [3.63, 3.8) is 0 Å². The van der Waals surface area contributed by atoms with Gasteiger partial charge in [0.1, 0.15) is 5.75 Å². The highest BCUT2D eigenvalue weighted by Gasteiger charge is 2.39. The van der Waals surface area contributed by atoms with E-state index in [0.717, 1.165) is 5.56 Å². The minimum atomic E-state index is -0.641. The second kappa shape index (κ2) is 4.63. The molecule has 0 aromatic heterocycles. The highest BCUT2D eigenvalue weighted by molar-refractivity contribution is 7.99. The molecule has 4 N–H and O–H groups in total. The first-order valence-corrected chi connectivity index (χ1v) is 6.14. The van der Waals surface area contributed by atoms with Gasteiger partial charge in [0.25, 0.3) is 0 Å². The lowest BCUT2D eigenvalue weighted by atomic mass is 10.0. The van der Waals surface area contributed by atoms with Crippen LogP contribution in [-0.4, -0.2) is 39.8 Å². The number of aromatic hydroxyl groups is 1. The molecule has 1 aromatic rings. The van der Waals surface area contributed by atoms with Gasteiger partial charge in [-0.25, -0.2) is 0 Å². The number of aliphatic hydroxyl groups excluding tert-OH is 2. The van der Waals surface area contributed by atoms with Crippen molar-refractivity contribution in [3.05, 3.63) is 29.8 Å².